The second-order valence-electron chi connectivity index (χ2n) is 3.38. The molecular formula is C11H14N2O2. The molecule has 2 rings (SSSR count). The highest BCUT2D eigenvalue weighted by Gasteiger charge is 2.10. The van der Waals surface area contributed by atoms with Crippen molar-refractivity contribution in [3.05, 3.63) is 29.6 Å². The van der Waals surface area contributed by atoms with Crippen molar-refractivity contribution >= 4 is 5.65 Å². The zero-order chi connectivity index (χ0) is 10.8. The van der Waals surface area contributed by atoms with Gasteiger partial charge in [-0.15, -0.1) is 0 Å². The molecule has 0 saturated heterocycles. The molecule has 0 spiro atoms. The van der Waals surface area contributed by atoms with Gasteiger partial charge in [0.1, 0.15) is 5.65 Å². The van der Waals surface area contributed by atoms with Crippen LogP contribution in [0.2, 0.25) is 0 Å². The van der Waals surface area contributed by atoms with Crippen molar-refractivity contribution in [3.8, 4) is 5.88 Å². The van der Waals surface area contributed by atoms with Gasteiger partial charge in [-0.25, -0.2) is 4.98 Å². The molecule has 0 aliphatic carbocycles. The average Bonchev–Trinajstić information content (AvgIpc) is 2.57. The number of imidazole rings is 1. The Balaban J connectivity index is 2.65. The quantitative estimate of drug-likeness (QED) is 0.820. The summed E-state index contributed by atoms with van der Waals surface area (Å²) in [6.45, 7) is 2.10. The Kier molecular flexibility index (Phi) is 2.60. The minimum atomic E-state index is 0.118. The van der Waals surface area contributed by atoms with E-state index >= 15 is 0 Å². The number of rotatable bonds is 3. The number of fused-ring (bicyclic) bond motifs is 1. The van der Waals surface area contributed by atoms with Gasteiger partial charge in [0.05, 0.1) is 12.8 Å². The first kappa shape index (κ1) is 9.98. The lowest BCUT2D eigenvalue weighted by molar-refractivity contribution is 0.298. The highest BCUT2D eigenvalue weighted by atomic mass is 16.5. The molecular weight excluding hydrogens is 192 g/mol. The summed E-state index contributed by atoms with van der Waals surface area (Å²) in [6, 6.07) is 5.73. The summed E-state index contributed by atoms with van der Waals surface area (Å²) in [5.41, 5.74) is 2.80. The van der Waals surface area contributed by atoms with Crippen molar-refractivity contribution < 1.29 is 9.84 Å². The standard InChI is InChI=1S/C11H14N2O2/c1-8-9(6-7-14)12-10-4-3-5-11(15-2)13(8)10/h3-5,14H,6-7H2,1-2H3. The van der Waals surface area contributed by atoms with Crippen LogP contribution in [0.25, 0.3) is 5.65 Å². The molecule has 2 heterocycles. The normalized spacial score (nSPS) is 10.9. The van der Waals surface area contributed by atoms with Gasteiger partial charge in [-0.2, -0.15) is 0 Å². The third kappa shape index (κ3) is 1.57. The lowest BCUT2D eigenvalue weighted by Crippen LogP contribution is -1.97. The van der Waals surface area contributed by atoms with Crippen LogP contribution < -0.4 is 4.74 Å². The van der Waals surface area contributed by atoms with E-state index in [0.29, 0.717) is 6.42 Å². The molecule has 2 aromatic rings. The minimum Gasteiger partial charge on any atom is -0.482 e. The minimum absolute atomic E-state index is 0.118. The number of methoxy groups -OCH3 is 1. The molecule has 0 aromatic carbocycles. The second-order valence-corrected chi connectivity index (χ2v) is 3.38. The molecule has 4 nitrogen and oxygen atoms in total. The molecule has 2 aromatic heterocycles. The number of aromatic nitrogens is 2. The molecule has 80 valence electrons. The fraction of sp³-hybridized carbons (Fsp3) is 0.364. The van der Waals surface area contributed by atoms with Crippen LogP contribution in [0.4, 0.5) is 0 Å². The van der Waals surface area contributed by atoms with Gasteiger partial charge in [0.15, 0.2) is 5.88 Å². The zero-order valence-corrected chi connectivity index (χ0v) is 8.90. The van der Waals surface area contributed by atoms with E-state index in [1.807, 2.05) is 29.5 Å². The maximum absolute atomic E-state index is 8.92. The Labute approximate surface area is 88.1 Å². The zero-order valence-electron chi connectivity index (χ0n) is 8.90. The van der Waals surface area contributed by atoms with Crippen LogP contribution in [-0.2, 0) is 6.42 Å². The molecule has 1 N–H and O–H groups in total. The molecule has 0 unspecified atom stereocenters. The van der Waals surface area contributed by atoms with Crippen LogP contribution in [0.3, 0.4) is 0 Å². The summed E-state index contributed by atoms with van der Waals surface area (Å²) < 4.78 is 7.21. The van der Waals surface area contributed by atoms with Crippen LogP contribution in [0, 0.1) is 6.92 Å². The van der Waals surface area contributed by atoms with E-state index < -0.39 is 0 Å². The Morgan fingerprint density at radius 1 is 1.47 bits per heavy atom. The van der Waals surface area contributed by atoms with E-state index in [2.05, 4.69) is 4.98 Å². The van der Waals surface area contributed by atoms with Gasteiger partial charge in [-0.3, -0.25) is 4.40 Å². The van der Waals surface area contributed by atoms with E-state index in [4.69, 9.17) is 9.84 Å². The van der Waals surface area contributed by atoms with Crippen molar-refractivity contribution in [1.82, 2.24) is 9.38 Å². The molecule has 0 radical (unpaired) electrons. The number of ether oxygens (including phenoxy) is 1. The van der Waals surface area contributed by atoms with Crippen molar-refractivity contribution in [3.63, 3.8) is 0 Å². The molecule has 0 aliphatic heterocycles. The van der Waals surface area contributed by atoms with E-state index in [-0.39, 0.29) is 6.61 Å². The molecule has 0 amide bonds. The summed E-state index contributed by atoms with van der Waals surface area (Å²) in [7, 11) is 1.64. The molecule has 0 aliphatic rings. The van der Waals surface area contributed by atoms with Gasteiger partial charge in [-0.05, 0) is 19.1 Å². The number of pyridine rings is 1. The van der Waals surface area contributed by atoms with Crippen LogP contribution in [0.5, 0.6) is 5.88 Å². The monoisotopic (exact) mass is 206 g/mol. The maximum atomic E-state index is 8.92. The number of aryl methyl sites for hydroxylation is 1. The number of hydrogen-bond donors (Lipinski definition) is 1. The summed E-state index contributed by atoms with van der Waals surface area (Å²) in [6.07, 6.45) is 0.580. The lowest BCUT2D eigenvalue weighted by Gasteiger charge is -2.04. The number of aliphatic hydroxyl groups is 1. The van der Waals surface area contributed by atoms with Gasteiger partial charge in [-0.1, -0.05) is 6.07 Å². The Hall–Kier alpha value is -1.55. The van der Waals surface area contributed by atoms with Crippen LogP contribution in [0.15, 0.2) is 18.2 Å². The van der Waals surface area contributed by atoms with Gasteiger partial charge in [0.2, 0.25) is 0 Å². The molecule has 15 heavy (non-hydrogen) atoms. The van der Waals surface area contributed by atoms with E-state index in [1.165, 1.54) is 0 Å². The van der Waals surface area contributed by atoms with Crippen LogP contribution in [0.1, 0.15) is 11.4 Å². The van der Waals surface area contributed by atoms with Gasteiger partial charge in [0, 0.05) is 18.7 Å². The highest BCUT2D eigenvalue weighted by molar-refractivity contribution is 5.46. The fourth-order valence-corrected chi connectivity index (χ4v) is 1.75. The molecule has 0 atom stereocenters. The van der Waals surface area contributed by atoms with Crippen LogP contribution in [-0.4, -0.2) is 28.2 Å². The summed E-state index contributed by atoms with van der Waals surface area (Å²) in [5, 5.41) is 8.92. The average molecular weight is 206 g/mol. The Bertz CT molecular complexity index is 477. The van der Waals surface area contributed by atoms with Crippen LogP contribution >= 0.6 is 0 Å². The largest absolute Gasteiger partial charge is 0.482 e. The lowest BCUT2D eigenvalue weighted by atomic mass is 10.3. The topological polar surface area (TPSA) is 46.8 Å². The summed E-state index contributed by atoms with van der Waals surface area (Å²) >= 11 is 0. The Morgan fingerprint density at radius 3 is 2.93 bits per heavy atom. The smallest absolute Gasteiger partial charge is 0.199 e. The number of nitrogens with zero attached hydrogens (tertiary/aromatic N) is 2. The van der Waals surface area contributed by atoms with E-state index in [9.17, 15) is 0 Å². The van der Waals surface area contributed by atoms with E-state index in [1.54, 1.807) is 7.11 Å². The predicted octanol–water partition coefficient (Wildman–Crippen LogP) is 1.19. The van der Waals surface area contributed by atoms with Crippen molar-refractivity contribution in [2.45, 2.75) is 13.3 Å². The van der Waals surface area contributed by atoms with Crippen molar-refractivity contribution in [2.75, 3.05) is 13.7 Å². The Morgan fingerprint density at radius 2 is 2.27 bits per heavy atom. The van der Waals surface area contributed by atoms with Gasteiger partial charge in [0.25, 0.3) is 0 Å². The van der Waals surface area contributed by atoms with Gasteiger partial charge >= 0.3 is 0 Å². The fourth-order valence-electron chi connectivity index (χ4n) is 1.75. The maximum Gasteiger partial charge on any atom is 0.199 e. The highest BCUT2D eigenvalue weighted by Crippen LogP contribution is 2.19. The number of aliphatic hydroxyl groups excluding tert-OH is 1. The first-order chi connectivity index (χ1) is 7.27. The first-order valence-corrected chi connectivity index (χ1v) is 4.89. The molecule has 0 bridgehead atoms. The predicted molar refractivity (Wildman–Crippen MR) is 57.3 cm³/mol. The van der Waals surface area contributed by atoms with Crippen molar-refractivity contribution in [2.24, 2.45) is 0 Å². The first-order valence-electron chi connectivity index (χ1n) is 4.89. The third-order valence-corrected chi connectivity index (χ3v) is 2.49. The summed E-state index contributed by atoms with van der Waals surface area (Å²) in [4.78, 5) is 4.43. The van der Waals surface area contributed by atoms with Gasteiger partial charge < -0.3 is 9.84 Å². The SMILES string of the molecule is COc1cccc2nc(CCO)c(C)n12. The number of hydrogen-bond acceptors (Lipinski definition) is 3. The molecule has 0 saturated carbocycles. The molecule has 4 heteroatoms. The molecule has 0 fully saturated rings. The third-order valence-electron chi connectivity index (χ3n) is 2.49. The summed E-state index contributed by atoms with van der Waals surface area (Å²) in [5.74, 6) is 0.765. The van der Waals surface area contributed by atoms with Crippen molar-refractivity contribution in [1.29, 1.82) is 0 Å². The van der Waals surface area contributed by atoms with E-state index in [0.717, 1.165) is 22.9 Å². The second kappa shape index (κ2) is 3.90.